The maximum Gasteiger partial charge on any atom is 0.285 e. The first kappa shape index (κ1) is 14.4. The number of amides is 1. The quantitative estimate of drug-likeness (QED) is 0.620. The van der Waals surface area contributed by atoms with Gasteiger partial charge in [-0.1, -0.05) is 0 Å². The van der Waals surface area contributed by atoms with Crippen LogP contribution in [0.15, 0.2) is 17.0 Å². The number of methoxy groups -OCH3 is 2. The molecule has 5 nitrogen and oxygen atoms in total. The van der Waals surface area contributed by atoms with Crippen LogP contribution in [0.3, 0.4) is 0 Å². The van der Waals surface area contributed by atoms with Crippen molar-refractivity contribution in [1.29, 1.82) is 0 Å². The zero-order valence-electron chi connectivity index (χ0n) is 10.7. The highest BCUT2D eigenvalue weighted by molar-refractivity contribution is 8.13. The molecule has 0 N–H and O–H groups in total. The molecular formula is C12H15NO4S. The molecule has 6 heteroatoms. The Hall–Kier alpha value is -1.69. The number of rotatable bonds is 4. The minimum Gasteiger partial charge on any atom is -0.493 e. The average Bonchev–Trinajstić information content (AvgIpc) is 2.37. The van der Waals surface area contributed by atoms with Crippen LogP contribution in [0.1, 0.15) is 10.4 Å². The topological polar surface area (TPSA) is 55.8 Å². The van der Waals surface area contributed by atoms with Crippen molar-refractivity contribution < 1.29 is 19.1 Å². The number of benzene rings is 1. The van der Waals surface area contributed by atoms with Crippen LogP contribution in [0, 0.1) is 0 Å². The number of aldehydes is 1. The van der Waals surface area contributed by atoms with E-state index in [1.165, 1.54) is 19.1 Å². The molecule has 0 atom stereocenters. The molecule has 0 bridgehead atoms. The molecule has 0 unspecified atom stereocenters. The Kier molecular flexibility index (Phi) is 5.03. The van der Waals surface area contributed by atoms with E-state index in [0.29, 0.717) is 28.2 Å². The SMILES string of the molecule is COc1cc(C=O)c(SC(=O)N(C)C)cc1OC. The zero-order chi connectivity index (χ0) is 13.7. The van der Waals surface area contributed by atoms with Gasteiger partial charge in [-0.05, 0) is 23.9 Å². The maximum absolute atomic E-state index is 11.6. The number of nitrogens with zero attached hydrogens (tertiary/aromatic N) is 1. The number of ether oxygens (including phenoxy) is 2. The lowest BCUT2D eigenvalue weighted by atomic mass is 10.2. The summed E-state index contributed by atoms with van der Waals surface area (Å²) in [5, 5.41) is -0.162. The van der Waals surface area contributed by atoms with Crippen molar-refractivity contribution in [3.8, 4) is 11.5 Å². The zero-order valence-corrected chi connectivity index (χ0v) is 11.5. The molecule has 1 aromatic rings. The maximum atomic E-state index is 11.6. The molecule has 1 aromatic carbocycles. The lowest BCUT2D eigenvalue weighted by molar-refractivity contribution is 0.112. The van der Waals surface area contributed by atoms with E-state index in [1.807, 2.05) is 0 Å². The van der Waals surface area contributed by atoms with Gasteiger partial charge in [0.2, 0.25) is 0 Å². The molecule has 0 aromatic heterocycles. The molecule has 0 aliphatic carbocycles. The van der Waals surface area contributed by atoms with Gasteiger partial charge in [0.1, 0.15) is 0 Å². The number of thioether (sulfide) groups is 1. The average molecular weight is 269 g/mol. The first-order valence-corrected chi connectivity index (χ1v) is 5.95. The summed E-state index contributed by atoms with van der Waals surface area (Å²) >= 11 is 0.972. The fourth-order valence-corrected chi connectivity index (χ4v) is 2.00. The van der Waals surface area contributed by atoms with E-state index in [4.69, 9.17) is 9.47 Å². The Morgan fingerprint density at radius 3 is 2.22 bits per heavy atom. The molecule has 18 heavy (non-hydrogen) atoms. The summed E-state index contributed by atoms with van der Waals surface area (Å²) < 4.78 is 10.2. The van der Waals surface area contributed by atoms with Gasteiger partial charge < -0.3 is 14.4 Å². The van der Waals surface area contributed by atoms with Gasteiger partial charge in [0.05, 0.1) is 14.2 Å². The van der Waals surface area contributed by atoms with Crippen LogP contribution in [-0.4, -0.2) is 44.7 Å². The highest BCUT2D eigenvalue weighted by atomic mass is 32.2. The van der Waals surface area contributed by atoms with E-state index in [9.17, 15) is 9.59 Å². The monoisotopic (exact) mass is 269 g/mol. The van der Waals surface area contributed by atoms with E-state index in [0.717, 1.165) is 11.8 Å². The molecule has 1 amide bonds. The van der Waals surface area contributed by atoms with E-state index >= 15 is 0 Å². The summed E-state index contributed by atoms with van der Waals surface area (Å²) in [5.41, 5.74) is 0.396. The van der Waals surface area contributed by atoms with Gasteiger partial charge >= 0.3 is 0 Å². The molecule has 0 fully saturated rings. The van der Waals surface area contributed by atoms with Crippen LogP contribution in [0.5, 0.6) is 11.5 Å². The summed E-state index contributed by atoms with van der Waals surface area (Å²) in [7, 11) is 6.29. The minimum atomic E-state index is -0.162. The van der Waals surface area contributed by atoms with Crippen molar-refractivity contribution in [2.45, 2.75) is 4.90 Å². The molecule has 0 radical (unpaired) electrons. The van der Waals surface area contributed by atoms with Crippen molar-refractivity contribution in [1.82, 2.24) is 4.90 Å². The molecule has 1 rings (SSSR count). The number of carbonyl (C=O) groups excluding carboxylic acids is 2. The Labute approximate surface area is 110 Å². The molecule has 0 spiro atoms. The summed E-state index contributed by atoms with van der Waals surface area (Å²) in [6.07, 6.45) is 0.688. The lowest BCUT2D eigenvalue weighted by Crippen LogP contribution is -2.16. The van der Waals surface area contributed by atoms with Gasteiger partial charge in [-0.25, -0.2) is 0 Å². The standard InChI is InChI=1S/C12H15NO4S/c1-13(2)12(15)18-11-6-10(17-4)9(16-3)5-8(11)7-14/h5-7H,1-4H3. The summed E-state index contributed by atoms with van der Waals surface area (Å²) in [5.74, 6) is 0.943. The minimum absolute atomic E-state index is 0.162. The lowest BCUT2D eigenvalue weighted by Gasteiger charge is -2.13. The van der Waals surface area contributed by atoms with Gasteiger partial charge in [0, 0.05) is 24.6 Å². The van der Waals surface area contributed by atoms with Crippen LogP contribution in [0.4, 0.5) is 4.79 Å². The Morgan fingerprint density at radius 2 is 1.78 bits per heavy atom. The second-order valence-electron chi connectivity index (χ2n) is 3.63. The molecular weight excluding hydrogens is 254 g/mol. The smallest absolute Gasteiger partial charge is 0.285 e. The van der Waals surface area contributed by atoms with Crippen molar-refractivity contribution in [2.24, 2.45) is 0 Å². The summed E-state index contributed by atoms with van der Waals surface area (Å²) in [4.78, 5) is 24.6. The van der Waals surface area contributed by atoms with Gasteiger partial charge in [-0.2, -0.15) is 0 Å². The molecule has 0 aliphatic heterocycles. The van der Waals surface area contributed by atoms with Crippen LogP contribution in [0.25, 0.3) is 0 Å². The Bertz CT molecular complexity index is 460. The number of hydrogen-bond donors (Lipinski definition) is 0. The highest BCUT2D eigenvalue weighted by Gasteiger charge is 2.15. The fraction of sp³-hybridized carbons (Fsp3) is 0.333. The third kappa shape index (κ3) is 3.16. The number of carbonyl (C=O) groups is 2. The van der Waals surface area contributed by atoms with Gasteiger partial charge in [-0.3, -0.25) is 9.59 Å². The predicted molar refractivity (Wildman–Crippen MR) is 69.9 cm³/mol. The largest absolute Gasteiger partial charge is 0.493 e. The summed E-state index contributed by atoms with van der Waals surface area (Å²) in [6, 6.07) is 3.17. The molecule has 0 saturated heterocycles. The third-order valence-electron chi connectivity index (χ3n) is 2.21. The molecule has 0 saturated carbocycles. The second-order valence-corrected chi connectivity index (χ2v) is 4.62. The number of hydrogen-bond acceptors (Lipinski definition) is 5. The van der Waals surface area contributed by atoms with Crippen molar-refractivity contribution in [3.63, 3.8) is 0 Å². The van der Waals surface area contributed by atoms with E-state index in [1.54, 1.807) is 26.2 Å². The van der Waals surface area contributed by atoms with Crippen LogP contribution in [-0.2, 0) is 0 Å². The van der Waals surface area contributed by atoms with Gasteiger partial charge in [0.25, 0.3) is 5.24 Å². The van der Waals surface area contributed by atoms with Crippen LogP contribution >= 0.6 is 11.8 Å². The Morgan fingerprint density at radius 1 is 1.22 bits per heavy atom. The normalized spacial score (nSPS) is 9.78. The molecule has 98 valence electrons. The van der Waals surface area contributed by atoms with Crippen molar-refractivity contribution >= 4 is 23.3 Å². The Balaban J connectivity index is 3.17. The van der Waals surface area contributed by atoms with Crippen molar-refractivity contribution in [2.75, 3.05) is 28.3 Å². The fourth-order valence-electron chi connectivity index (χ4n) is 1.24. The van der Waals surface area contributed by atoms with E-state index in [2.05, 4.69) is 0 Å². The second kappa shape index (κ2) is 6.30. The van der Waals surface area contributed by atoms with E-state index in [-0.39, 0.29) is 5.24 Å². The molecule has 0 heterocycles. The first-order chi connectivity index (χ1) is 8.53. The van der Waals surface area contributed by atoms with Crippen LogP contribution < -0.4 is 9.47 Å². The van der Waals surface area contributed by atoms with Gasteiger partial charge in [-0.15, -0.1) is 0 Å². The van der Waals surface area contributed by atoms with Gasteiger partial charge in [0.15, 0.2) is 17.8 Å². The first-order valence-electron chi connectivity index (χ1n) is 5.13. The summed E-state index contributed by atoms with van der Waals surface area (Å²) in [6.45, 7) is 0. The van der Waals surface area contributed by atoms with Crippen molar-refractivity contribution in [3.05, 3.63) is 17.7 Å². The third-order valence-corrected chi connectivity index (χ3v) is 3.32. The predicted octanol–water partition coefficient (Wildman–Crippen LogP) is 2.29. The molecule has 0 aliphatic rings. The van der Waals surface area contributed by atoms with Crippen LogP contribution in [0.2, 0.25) is 0 Å². The highest BCUT2D eigenvalue weighted by Crippen LogP contribution is 2.35. The van der Waals surface area contributed by atoms with E-state index < -0.39 is 0 Å².